The second-order valence-corrected chi connectivity index (χ2v) is 8.02. The summed E-state index contributed by atoms with van der Waals surface area (Å²) in [5.41, 5.74) is 0.823. The van der Waals surface area contributed by atoms with Gasteiger partial charge < -0.3 is 0 Å². The number of halogens is 2. The number of hydrogen-bond acceptors (Lipinski definition) is 5. The van der Waals surface area contributed by atoms with Crippen LogP contribution in [0, 0.1) is 0 Å². The van der Waals surface area contributed by atoms with Crippen LogP contribution in [0.4, 0.5) is 5.69 Å². The van der Waals surface area contributed by atoms with Crippen molar-refractivity contribution in [3.63, 3.8) is 0 Å². The second kappa shape index (κ2) is 5.42. The molecule has 9 heteroatoms. The average molecular weight is 360 g/mol. The highest BCUT2D eigenvalue weighted by Gasteiger charge is 2.19. The van der Waals surface area contributed by atoms with Gasteiger partial charge in [0.25, 0.3) is 10.0 Å². The van der Waals surface area contributed by atoms with Gasteiger partial charge >= 0.3 is 0 Å². The molecule has 0 aliphatic carbocycles. The zero-order chi connectivity index (χ0) is 15.0. The predicted octanol–water partition coefficient (Wildman–Crippen LogP) is 3.80. The summed E-state index contributed by atoms with van der Waals surface area (Å²) in [7, 11) is -3.78. The zero-order valence-corrected chi connectivity index (χ0v) is 13.4. The first-order chi connectivity index (χ1) is 9.95. The second-order valence-electron chi connectivity index (χ2n) is 4.07. The Balaban J connectivity index is 2.09. The van der Waals surface area contributed by atoms with E-state index in [2.05, 4.69) is 14.7 Å². The van der Waals surface area contributed by atoms with Gasteiger partial charge in [0.1, 0.15) is 0 Å². The van der Waals surface area contributed by atoms with Crippen molar-refractivity contribution < 1.29 is 8.42 Å². The van der Waals surface area contributed by atoms with E-state index in [1.807, 2.05) is 0 Å². The molecule has 5 nitrogen and oxygen atoms in total. The number of sulfonamides is 1. The Labute approximate surface area is 134 Å². The largest absolute Gasteiger partial charge is 0.277 e. The number of hydrogen-bond donors (Lipinski definition) is 1. The van der Waals surface area contributed by atoms with Crippen LogP contribution in [0.5, 0.6) is 0 Å². The minimum Gasteiger partial charge on any atom is -0.277 e. The van der Waals surface area contributed by atoms with E-state index in [-0.39, 0.29) is 8.68 Å². The van der Waals surface area contributed by atoms with Crippen molar-refractivity contribution in [3.05, 3.63) is 46.1 Å². The van der Waals surface area contributed by atoms with Crippen LogP contribution in [0.1, 0.15) is 0 Å². The van der Waals surface area contributed by atoms with Crippen molar-refractivity contribution in [3.8, 4) is 0 Å². The van der Waals surface area contributed by atoms with Gasteiger partial charge in [-0.05, 0) is 18.2 Å². The van der Waals surface area contributed by atoms with E-state index in [0.717, 1.165) is 16.7 Å². The molecule has 0 radical (unpaired) electrons. The van der Waals surface area contributed by atoms with Gasteiger partial charge in [-0.15, -0.1) is 0 Å². The van der Waals surface area contributed by atoms with E-state index >= 15 is 0 Å². The molecule has 1 N–H and O–H groups in total. The number of pyridine rings is 1. The fourth-order valence-electron chi connectivity index (χ4n) is 1.79. The SMILES string of the molecule is O=S(=O)(Nc1cc(Cl)cc2cccnc12)c1cnc(Cl)s1. The lowest BCUT2D eigenvalue weighted by molar-refractivity contribution is 0.603. The van der Waals surface area contributed by atoms with Crippen LogP contribution in [-0.4, -0.2) is 18.4 Å². The minimum atomic E-state index is -3.78. The number of thiazole rings is 1. The summed E-state index contributed by atoms with van der Waals surface area (Å²) >= 11 is 12.6. The molecular formula is C12H7Cl2N3O2S2. The highest BCUT2D eigenvalue weighted by Crippen LogP contribution is 2.30. The lowest BCUT2D eigenvalue weighted by Crippen LogP contribution is -2.12. The Morgan fingerprint density at radius 3 is 2.71 bits per heavy atom. The lowest BCUT2D eigenvalue weighted by Gasteiger charge is -2.09. The first-order valence-corrected chi connectivity index (χ1v) is 8.70. The monoisotopic (exact) mass is 359 g/mol. The van der Waals surface area contributed by atoms with E-state index in [1.54, 1.807) is 24.4 Å². The number of aromatic nitrogens is 2. The van der Waals surface area contributed by atoms with Crippen LogP contribution < -0.4 is 4.72 Å². The topological polar surface area (TPSA) is 72.0 Å². The number of nitrogens with zero attached hydrogens (tertiary/aromatic N) is 2. The molecule has 0 saturated carbocycles. The molecule has 2 heterocycles. The summed E-state index contributed by atoms with van der Waals surface area (Å²) in [4.78, 5) is 7.91. The summed E-state index contributed by atoms with van der Waals surface area (Å²) in [6.45, 7) is 0. The maximum Gasteiger partial charge on any atom is 0.273 e. The van der Waals surface area contributed by atoms with Crippen molar-refractivity contribution in [2.45, 2.75) is 4.21 Å². The van der Waals surface area contributed by atoms with Crippen molar-refractivity contribution >= 4 is 61.2 Å². The minimum absolute atomic E-state index is 0.0246. The van der Waals surface area contributed by atoms with Gasteiger partial charge in [-0.25, -0.2) is 13.4 Å². The Bertz CT molecular complexity index is 925. The van der Waals surface area contributed by atoms with Crippen LogP contribution >= 0.6 is 34.5 Å². The smallest absolute Gasteiger partial charge is 0.273 e. The molecule has 21 heavy (non-hydrogen) atoms. The van der Waals surface area contributed by atoms with Gasteiger partial charge in [0.15, 0.2) is 8.68 Å². The highest BCUT2D eigenvalue weighted by atomic mass is 35.5. The van der Waals surface area contributed by atoms with Crippen LogP contribution in [0.25, 0.3) is 10.9 Å². The maximum atomic E-state index is 12.3. The maximum absolute atomic E-state index is 12.3. The average Bonchev–Trinajstić information content (AvgIpc) is 2.86. The van der Waals surface area contributed by atoms with Crippen LogP contribution in [0.15, 0.2) is 40.9 Å². The summed E-state index contributed by atoms with van der Waals surface area (Å²) in [6, 6.07) is 6.78. The summed E-state index contributed by atoms with van der Waals surface area (Å²) in [6.07, 6.45) is 2.78. The molecule has 0 bridgehead atoms. The fourth-order valence-corrected chi connectivity index (χ4v) is 4.37. The summed E-state index contributed by atoms with van der Waals surface area (Å²) in [5, 5.41) is 1.15. The molecular weight excluding hydrogens is 353 g/mol. The third-order valence-electron chi connectivity index (χ3n) is 2.64. The Morgan fingerprint density at radius 1 is 1.19 bits per heavy atom. The molecule has 108 valence electrons. The van der Waals surface area contributed by atoms with Crippen LogP contribution in [-0.2, 0) is 10.0 Å². The van der Waals surface area contributed by atoms with Crippen molar-refractivity contribution in [1.29, 1.82) is 0 Å². The van der Waals surface area contributed by atoms with E-state index in [4.69, 9.17) is 23.2 Å². The van der Waals surface area contributed by atoms with Crippen LogP contribution in [0.3, 0.4) is 0 Å². The Hall–Kier alpha value is -1.41. The Kier molecular flexibility index (Phi) is 3.75. The highest BCUT2D eigenvalue weighted by molar-refractivity contribution is 7.94. The summed E-state index contributed by atoms with van der Waals surface area (Å²) < 4.78 is 27.2. The molecule has 2 aromatic heterocycles. The van der Waals surface area contributed by atoms with E-state index in [1.165, 1.54) is 12.3 Å². The molecule has 0 spiro atoms. The molecule has 0 saturated heterocycles. The molecule has 0 fully saturated rings. The van der Waals surface area contributed by atoms with Crippen LogP contribution in [0.2, 0.25) is 9.49 Å². The zero-order valence-electron chi connectivity index (χ0n) is 10.2. The normalized spacial score (nSPS) is 11.7. The van der Waals surface area contributed by atoms with E-state index in [9.17, 15) is 8.42 Å². The predicted molar refractivity (Wildman–Crippen MR) is 84.7 cm³/mol. The van der Waals surface area contributed by atoms with E-state index in [0.29, 0.717) is 16.2 Å². The molecule has 3 rings (SSSR count). The fraction of sp³-hybridized carbons (Fsp3) is 0. The number of nitrogens with one attached hydrogen (secondary N) is 1. The molecule has 0 unspecified atom stereocenters. The summed E-state index contributed by atoms with van der Waals surface area (Å²) in [5.74, 6) is 0. The molecule has 0 amide bonds. The van der Waals surface area contributed by atoms with Gasteiger partial charge in [0, 0.05) is 16.6 Å². The van der Waals surface area contributed by atoms with E-state index < -0.39 is 10.0 Å². The number of benzene rings is 1. The quantitative estimate of drug-likeness (QED) is 0.771. The van der Waals surface area contributed by atoms with Gasteiger partial charge in [-0.3, -0.25) is 9.71 Å². The lowest BCUT2D eigenvalue weighted by atomic mass is 10.2. The standard InChI is InChI=1S/C12H7Cl2N3O2S2/c13-8-4-7-2-1-3-15-11(7)9(5-8)17-21(18,19)10-6-16-12(14)20-10/h1-6,17H. The van der Waals surface area contributed by atoms with Gasteiger partial charge in [-0.1, -0.05) is 40.6 Å². The number of fused-ring (bicyclic) bond motifs is 1. The third-order valence-corrected chi connectivity index (χ3v) is 5.79. The first kappa shape index (κ1) is 14.5. The molecule has 0 atom stereocenters. The first-order valence-electron chi connectivity index (χ1n) is 5.64. The van der Waals surface area contributed by atoms with Gasteiger partial charge in [0.05, 0.1) is 17.4 Å². The van der Waals surface area contributed by atoms with Gasteiger partial charge in [-0.2, -0.15) is 0 Å². The van der Waals surface area contributed by atoms with Crippen molar-refractivity contribution in [2.24, 2.45) is 0 Å². The molecule has 0 aliphatic heterocycles. The molecule has 0 aliphatic rings. The van der Waals surface area contributed by atoms with Crippen molar-refractivity contribution in [2.75, 3.05) is 4.72 Å². The number of anilines is 1. The molecule has 1 aromatic carbocycles. The number of rotatable bonds is 3. The third kappa shape index (κ3) is 2.96. The molecule has 3 aromatic rings. The van der Waals surface area contributed by atoms with Gasteiger partial charge in [0.2, 0.25) is 0 Å². The van der Waals surface area contributed by atoms with Crippen molar-refractivity contribution in [1.82, 2.24) is 9.97 Å². The Morgan fingerprint density at radius 2 is 2.00 bits per heavy atom.